The minimum absolute atomic E-state index is 0.116. The Bertz CT molecular complexity index is 710. The van der Waals surface area contributed by atoms with Crippen LogP contribution in [-0.4, -0.2) is 31.1 Å². The molecular weight excluding hydrogens is 314 g/mol. The molecule has 1 fully saturated rings. The van der Waals surface area contributed by atoms with Gasteiger partial charge in [-0.05, 0) is 25.0 Å². The predicted molar refractivity (Wildman–Crippen MR) is 99.1 cm³/mol. The Balaban J connectivity index is 1.66. The molecule has 1 N–H and O–H groups in total. The van der Waals surface area contributed by atoms with Crippen molar-refractivity contribution in [1.29, 1.82) is 0 Å². The number of aromatic nitrogens is 1. The first-order valence-corrected chi connectivity index (χ1v) is 8.88. The van der Waals surface area contributed by atoms with Crippen LogP contribution < -0.4 is 15.0 Å². The van der Waals surface area contributed by atoms with Crippen LogP contribution in [0.25, 0.3) is 0 Å². The summed E-state index contributed by atoms with van der Waals surface area (Å²) in [6, 6.07) is 9.63. The predicted octanol–water partition coefficient (Wildman–Crippen LogP) is 3.40. The van der Waals surface area contributed by atoms with Gasteiger partial charge in [-0.15, -0.1) is 0 Å². The molecule has 0 aliphatic carbocycles. The van der Waals surface area contributed by atoms with E-state index in [2.05, 4.69) is 15.2 Å². The number of methoxy groups -OCH3 is 1. The summed E-state index contributed by atoms with van der Waals surface area (Å²) in [5, 5.41) is 2.95. The standard InChI is InChI=1S/C20H25N3O2/c1-25-19-9-5-4-8-16(19)14-22-20(24)17-12-18(15-21-13-17)23-10-6-2-3-7-11-23/h4-5,8-9,12-13,15H,2-3,6-7,10-11,14H2,1H3,(H,22,24). The molecule has 3 rings (SSSR count). The molecule has 0 spiro atoms. The maximum absolute atomic E-state index is 12.5. The third kappa shape index (κ3) is 4.50. The van der Waals surface area contributed by atoms with E-state index in [0.29, 0.717) is 12.1 Å². The summed E-state index contributed by atoms with van der Waals surface area (Å²) in [4.78, 5) is 19.1. The summed E-state index contributed by atoms with van der Waals surface area (Å²) in [6.07, 6.45) is 8.43. The van der Waals surface area contributed by atoms with Crippen LogP contribution >= 0.6 is 0 Å². The molecule has 25 heavy (non-hydrogen) atoms. The Morgan fingerprint density at radius 1 is 1.16 bits per heavy atom. The minimum Gasteiger partial charge on any atom is -0.496 e. The van der Waals surface area contributed by atoms with E-state index in [4.69, 9.17) is 4.74 Å². The molecule has 0 unspecified atom stereocenters. The lowest BCUT2D eigenvalue weighted by Crippen LogP contribution is -2.26. The number of hydrogen-bond acceptors (Lipinski definition) is 4. The molecule has 1 aliphatic rings. The zero-order chi connectivity index (χ0) is 17.5. The SMILES string of the molecule is COc1ccccc1CNC(=O)c1cncc(N2CCCCCC2)c1. The summed E-state index contributed by atoms with van der Waals surface area (Å²) in [5.41, 5.74) is 2.58. The molecule has 1 aliphatic heterocycles. The van der Waals surface area contributed by atoms with Crippen LogP contribution in [0.15, 0.2) is 42.7 Å². The van der Waals surface area contributed by atoms with Crippen LogP contribution in [0.4, 0.5) is 5.69 Å². The second-order valence-corrected chi connectivity index (χ2v) is 6.33. The van der Waals surface area contributed by atoms with E-state index < -0.39 is 0 Å². The third-order valence-corrected chi connectivity index (χ3v) is 4.59. The highest BCUT2D eigenvalue weighted by atomic mass is 16.5. The number of ether oxygens (including phenoxy) is 1. The molecule has 132 valence electrons. The smallest absolute Gasteiger partial charge is 0.253 e. The number of nitrogens with one attached hydrogen (secondary N) is 1. The maximum Gasteiger partial charge on any atom is 0.253 e. The molecule has 1 aromatic carbocycles. The zero-order valence-electron chi connectivity index (χ0n) is 14.7. The van der Waals surface area contributed by atoms with Crippen molar-refractivity contribution in [3.05, 3.63) is 53.9 Å². The van der Waals surface area contributed by atoms with Gasteiger partial charge in [-0.1, -0.05) is 31.0 Å². The molecule has 0 saturated carbocycles. The Kier molecular flexibility index (Phi) is 5.88. The van der Waals surface area contributed by atoms with E-state index in [1.807, 2.05) is 36.5 Å². The van der Waals surface area contributed by atoms with E-state index in [1.165, 1.54) is 25.7 Å². The Hall–Kier alpha value is -2.56. The lowest BCUT2D eigenvalue weighted by Gasteiger charge is -2.22. The topological polar surface area (TPSA) is 54.5 Å². The number of para-hydroxylation sites is 1. The first kappa shape index (κ1) is 17.3. The molecule has 2 heterocycles. The monoisotopic (exact) mass is 339 g/mol. The van der Waals surface area contributed by atoms with Crippen LogP contribution in [0.5, 0.6) is 5.75 Å². The highest BCUT2D eigenvalue weighted by Crippen LogP contribution is 2.20. The minimum atomic E-state index is -0.116. The maximum atomic E-state index is 12.5. The van der Waals surface area contributed by atoms with Crippen LogP contribution in [0.2, 0.25) is 0 Å². The molecule has 2 aromatic rings. The quantitative estimate of drug-likeness (QED) is 0.907. The van der Waals surface area contributed by atoms with E-state index in [0.717, 1.165) is 30.1 Å². The van der Waals surface area contributed by atoms with Crippen molar-refractivity contribution in [3.8, 4) is 5.75 Å². The van der Waals surface area contributed by atoms with Crippen molar-refractivity contribution < 1.29 is 9.53 Å². The average Bonchev–Trinajstić information content (AvgIpc) is 2.96. The van der Waals surface area contributed by atoms with Crippen molar-refractivity contribution in [3.63, 3.8) is 0 Å². The van der Waals surface area contributed by atoms with Gasteiger partial charge in [0.05, 0.1) is 24.6 Å². The van der Waals surface area contributed by atoms with Crippen molar-refractivity contribution in [1.82, 2.24) is 10.3 Å². The number of benzene rings is 1. The van der Waals surface area contributed by atoms with Crippen LogP contribution in [0.1, 0.15) is 41.6 Å². The fourth-order valence-electron chi connectivity index (χ4n) is 3.18. The Morgan fingerprint density at radius 2 is 1.92 bits per heavy atom. The van der Waals surface area contributed by atoms with Gasteiger partial charge in [0.2, 0.25) is 0 Å². The molecule has 0 bridgehead atoms. The van der Waals surface area contributed by atoms with Crippen molar-refractivity contribution in [2.24, 2.45) is 0 Å². The lowest BCUT2D eigenvalue weighted by molar-refractivity contribution is 0.0950. The van der Waals surface area contributed by atoms with Gasteiger partial charge in [0.15, 0.2) is 0 Å². The van der Waals surface area contributed by atoms with E-state index >= 15 is 0 Å². The molecular formula is C20H25N3O2. The number of carbonyl (C=O) groups excluding carboxylic acids is 1. The lowest BCUT2D eigenvalue weighted by atomic mass is 10.2. The Labute approximate surface area is 149 Å². The fourth-order valence-corrected chi connectivity index (χ4v) is 3.18. The third-order valence-electron chi connectivity index (χ3n) is 4.59. The molecule has 1 saturated heterocycles. The van der Waals surface area contributed by atoms with Gasteiger partial charge in [0, 0.05) is 31.4 Å². The largest absolute Gasteiger partial charge is 0.496 e. The van der Waals surface area contributed by atoms with Gasteiger partial charge >= 0.3 is 0 Å². The van der Waals surface area contributed by atoms with Crippen molar-refractivity contribution in [2.45, 2.75) is 32.2 Å². The highest BCUT2D eigenvalue weighted by Gasteiger charge is 2.13. The van der Waals surface area contributed by atoms with Crippen LogP contribution in [-0.2, 0) is 6.54 Å². The van der Waals surface area contributed by atoms with Gasteiger partial charge in [-0.2, -0.15) is 0 Å². The average molecular weight is 339 g/mol. The van der Waals surface area contributed by atoms with E-state index in [9.17, 15) is 4.79 Å². The van der Waals surface area contributed by atoms with E-state index in [-0.39, 0.29) is 5.91 Å². The van der Waals surface area contributed by atoms with Gasteiger partial charge in [0.25, 0.3) is 5.91 Å². The molecule has 5 heteroatoms. The second-order valence-electron chi connectivity index (χ2n) is 6.33. The molecule has 5 nitrogen and oxygen atoms in total. The zero-order valence-corrected chi connectivity index (χ0v) is 14.7. The number of hydrogen-bond donors (Lipinski definition) is 1. The van der Waals surface area contributed by atoms with Gasteiger partial charge in [0.1, 0.15) is 5.75 Å². The second kappa shape index (κ2) is 8.51. The first-order valence-electron chi connectivity index (χ1n) is 8.88. The van der Waals surface area contributed by atoms with Gasteiger partial charge in [-0.25, -0.2) is 0 Å². The number of amides is 1. The van der Waals surface area contributed by atoms with Crippen LogP contribution in [0.3, 0.4) is 0 Å². The normalized spacial score (nSPS) is 14.7. The fraction of sp³-hybridized carbons (Fsp3) is 0.400. The molecule has 1 amide bonds. The van der Waals surface area contributed by atoms with Crippen LogP contribution in [0, 0.1) is 0 Å². The summed E-state index contributed by atoms with van der Waals surface area (Å²) < 4.78 is 5.32. The first-order chi connectivity index (χ1) is 12.3. The van der Waals surface area contributed by atoms with Crippen molar-refractivity contribution >= 4 is 11.6 Å². The molecule has 0 atom stereocenters. The Morgan fingerprint density at radius 3 is 2.68 bits per heavy atom. The van der Waals surface area contributed by atoms with Gasteiger partial charge < -0.3 is 15.0 Å². The summed E-state index contributed by atoms with van der Waals surface area (Å²) in [5.74, 6) is 0.661. The molecule has 0 radical (unpaired) electrons. The van der Waals surface area contributed by atoms with Gasteiger partial charge in [-0.3, -0.25) is 9.78 Å². The number of pyridine rings is 1. The van der Waals surface area contributed by atoms with E-state index in [1.54, 1.807) is 13.3 Å². The molecule has 1 aromatic heterocycles. The summed E-state index contributed by atoms with van der Waals surface area (Å²) in [6.45, 7) is 2.50. The van der Waals surface area contributed by atoms with Crippen molar-refractivity contribution in [2.75, 3.05) is 25.1 Å². The number of anilines is 1. The summed E-state index contributed by atoms with van der Waals surface area (Å²) >= 11 is 0. The highest BCUT2D eigenvalue weighted by molar-refractivity contribution is 5.94. The number of carbonyl (C=O) groups is 1. The number of nitrogens with zero attached hydrogens (tertiary/aromatic N) is 2. The summed E-state index contributed by atoms with van der Waals surface area (Å²) in [7, 11) is 1.63. The number of rotatable bonds is 5.